The molecule has 0 radical (unpaired) electrons. The lowest BCUT2D eigenvalue weighted by Gasteiger charge is -2.20. The van der Waals surface area contributed by atoms with E-state index in [0.717, 1.165) is 6.07 Å². The van der Waals surface area contributed by atoms with Gasteiger partial charge in [0.05, 0.1) is 16.6 Å². The second-order valence-electron chi connectivity index (χ2n) is 7.95. The first-order valence-electron chi connectivity index (χ1n) is 10.4. The molecule has 0 aromatic heterocycles. The summed E-state index contributed by atoms with van der Waals surface area (Å²) in [5.41, 5.74) is 0.0545. The second kappa shape index (κ2) is 8.71. The van der Waals surface area contributed by atoms with Gasteiger partial charge in [-0.15, -0.1) is 0 Å². The van der Waals surface area contributed by atoms with Gasteiger partial charge in [-0.25, -0.2) is 4.79 Å². The summed E-state index contributed by atoms with van der Waals surface area (Å²) < 4.78 is 75.0. The van der Waals surface area contributed by atoms with Crippen molar-refractivity contribution in [2.45, 2.75) is 23.6 Å². The Morgan fingerprint density at radius 3 is 2.19 bits per heavy atom. The number of carbonyl (C=O) groups is 1. The Morgan fingerprint density at radius 1 is 0.972 bits per heavy atom. The van der Waals surface area contributed by atoms with E-state index in [2.05, 4.69) is 5.32 Å². The molecule has 1 aliphatic heterocycles. The lowest BCUT2D eigenvalue weighted by Crippen LogP contribution is -2.16. The Labute approximate surface area is 205 Å². The molecule has 2 aliphatic rings. The summed E-state index contributed by atoms with van der Waals surface area (Å²) in [6.45, 7) is 3.60. The monoisotopic (exact) mass is 532 g/mol. The maximum Gasteiger partial charge on any atom is 0.336 e. The first-order valence-corrected chi connectivity index (χ1v) is 13.3. The zero-order chi connectivity index (χ0) is 26.6. The number of nitrogens with one attached hydrogen (secondary N) is 2. The van der Waals surface area contributed by atoms with Gasteiger partial charge in [0.2, 0.25) is 0 Å². The summed E-state index contributed by atoms with van der Waals surface area (Å²) >= 11 is 0. The van der Waals surface area contributed by atoms with Crippen molar-refractivity contribution in [1.29, 1.82) is 5.41 Å². The minimum absolute atomic E-state index is 0.00466. The second-order valence-corrected chi connectivity index (χ2v) is 10.7. The first-order chi connectivity index (χ1) is 16.8. The predicted molar refractivity (Wildman–Crippen MR) is 130 cm³/mol. The van der Waals surface area contributed by atoms with Crippen molar-refractivity contribution in [1.82, 2.24) is 0 Å². The zero-order valence-electron chi connectivity index (χ0n) is 18.9. The number of carboxylic acid groups (broad SMARTS) is 1. The van der Waals surface area contributed by atoms with Gasteiger partial charge in [-0.1, -0.05) is 17.7 Å². The number of anilines is 1. The number of fused-ring (bicyclic) bond motifs is 2. The maximum absolute atomic E-state index is 12.5. The predicted octanol–water partition coefficient (Wildman–Crippen LogP) is 3.62. The third-order valence-electron chi connectivity index (χ3n) is 5.53. The number of rotatable bonds is 6. The van der Waals surface area contributed by atoms with E-state index < -0.39 is 52.7 Å². The van der Waals surface area contributed by atoms with Gasteiger partial charge in [0.1, 0.15) is 0 Å². The van der Waals surface area contributed by atoms with Crippen molar-refractivity contribution in [3.8, 4) is 22.5 Å². The van der Waals surface area contributed by atoms with Gasteiger partial charge in [0, 0.05) is 23.1 Å². The van der Waals surface area contributed by atoms with Crippen LogP contribution in [0.4, 0.5) is 5.69 Å². The molecular formula is C23H20N2O9S2. The molecule has 2 aromatic rings. The molecule has 0 saturated carbocycles. The SMILES string of the molecule is CCNc1ccc2c(-c3ccc(C)cc3C(=O)O)c3ccc(=N)c(S(=O)(=O)O)c-3oc2c1S(=O)(=O)O. The number of aromatic carboxylic acids is 1. The minimum atomic E-state index is -5.05. The molecule has 1 aliphatic carbocycles. The van der Waals surface area contributed by atoms with Gasteiger partial charge in [0.15, 0.2) is 21.1 Å². The lowest BCUT2D eigenvalue weighted by atomic mass is 9.90. The van der Waals surface area contributed by atoms with Crippen LogP contribution in [-0.2, 0) is 20.2 Å². The molecule has 4 rings (SSSR count). The van der Waals surface area contributed by atoms with Crippen molar-refractivity contribution >= 4 is 42.9 Å². The Bertz CT molecular complexity index is 1810. The third kappa shape index (κ3) is 4.22. The number of benzene rings is 3. The van der Waals surface area contributed by atoms with E-state index in [9.17, 15) is 35.8 Å². The van der Waals surface area contributed by atoms with Crippen LogP contribution in [0.5, 0.6) is 0 Å². The highest BCUT2D eigenvalue weighted by atomic mass is 32.2. The Kier molecular flexibility index (Phi) is 6.12. The molecule has 0 fully saturated rings. The Morgan fingerprint density at radius 2 is 1.61 bits per heavy atom. The average molecular weight is 533 g/mol. The van der Waals surface area contributed by atoms with E-state index in [4.69, 9.17) is 9.83 Å². The largest absolute Gasteiger partial charge is 0.478 e. The fourth-order valence-electron chi connectivity index (χ4n) is 4.15. The summed E-state index contributed by atoms with van der Waals surface area (Å²) in [7, 11) is -10.0. The van der Waals surface area contributed by atoms with Crippen LogP contribution >= 0.6 is 0 Å². The molecule has 0 spiro atoms. The molecule has 2 aromatic carbocycles. The molecule has 13 heteroatoms. The highest BCUT2D eigenvalue weighted by Crippen LogP contribution is 2.46. The maximum atomic E-state index is 12.5. The van der Waals surface area contributed by atoms with Crippen molar-refractivity contribution in [3.63, 3.8) is 0 Å². The fourth-order valence-corrected chi connectivity index (χ4v) is 5.69. The first kappa shape index (κ1) is 25.3. The molecule has 36 heavy (non-hydrogen) atoms. The number of aryl methyl sites for hydroxylation is 1. The van der Waals surface area contributed by atoms with Crippen LogP contribution in [-0.4, -0.2) is 43.6 Å². The quantitative estimate of drug-likeness (QED) is 0.181. The molecule has 0 bridgehead atoms. The molecule has 1 heterocycles. The smallest absolute Gasteiger partial charge is 0.336 e. The number of hydrogen-bond acceptors (Lipinski definition) is 8. The zero-order valence-corrected chi connectivity index (χ0v) is 20.5. The van der Waals surface area contributed by atoms with Crippen LogP contribution in [0, 0.1) is 12.3 Å². The van der Waals surface area contributed by atoms with Crippen LogP contribution in [0.2, 0.25) is 0 Å². The highest BCUT2D eigenvalue weighted by molar-refractivity contribution is 7.86. The van der Waals surface area contributed by atoms with Crippen LogP contribution in [0.1, 0.15) is 22.8 Å². The van der Waals surface area contributed by atoms with Crippen LogP contribution < -0.4 is 10.7 Å². The minimum Gasteiger partial charge on any atom is -0.478 e. The van der Waals surface area contributed by atoms with Gasteiger partial charge in [-0.2, -0.15) is 16.8 Å². The van der Waals surface area contributed by atoms with E-state index in [1.165, 1.54) is 30.3 Å². The van der Waals surface area contributed by atoms with Gasteiger partial charge < -0.3 is 14.8 Å². The summed E-state index contributed by atoms with van der Waals surface area (Å²) in [6, 6.07) is 9.66. The van der Waals surface area contributed by atoms with Crippen LogP contribution in [0.25, 0.3) is 33.4 Å². The van der Waals surface area contributed by atoms with Crippen molar-refractivity contribution < 1.29 is 40.3 Å². The van der Waals surface area contributed by atoms with E-state index in [-0.39, 0.29) is 39.9 Å². The standard InChI is InChI=1S/C23H20N2O9S2/c1-3-25-17-9-7-14-18(12-5-4-11(2)10-15(12)23(26)27)13-6-8-16(24)21(35(28,29)30)19(13)34-20(14)22(17)36(31,32)33/h4-10,24-25H,3H2,1-2H3,(H,26,27)(H,28,29,30)(H,31,32,33). The van der Waals surface area contributed by atoms with Gasteiger partial charge in [-0.3, -0.25) is 14.5 Å². The fraction of sp³-hybridized carbons (Fsp3) is 0.130. The molecule has 0 unspecified atom stereocenters. The lowest BCUT2D eigenvalue weighted by molar-refractivity contribution is 0.0697. The normalized spacial score (nSPS) is 12.2. The molecule has 0 atom stereocenters. The van der Waals surface area contributed by atoms with Gasteiger partial charge in [-0.05, 0) is 49.7 Å². The van der Waals surface area contributed by atoms with Crippen LogP contribution in [0.15, 0.2) is 56.7 Å². The van der Waals surface area contributed by atoms with Crippen molar-refractivity contribution in [3.05, 3.63) is 58.9 Å². The van der Waals surface area contributed by atoms with Gasteiger partial charge in [0.25, 0.3) is 20.2 Å². The van der Waals surface area contributed by atoms with E-state index >= 15 is 0 Å². The molecule has 188 valence electrons. The number of carboxylic acids is 1. The van der Waals surface area contributed by atoms with Gasteiger partial charge >= 0.3 is 5.97 Å². The van der Waals surface area contributed by atoms with E-state index in [1.807, 2.05) is 0 Å². The summed E-state index contributed by atoms with van der Waals surface area (Å²) in [6.07, 6.45) is 0. The third-order valence-corrected chi connectivity index (χ3v) is 7.37. The topological polar surface area (TPSA) is 195 Å². The Balaban J connectivity index is 2.39. The van der Waals surface area contributed by atoms with Crippen molar-refractivity contribution in [2.75, 3.05) is 11.9 Å². The Hall–Kier alpha value is -3.78. The molecule has 0 saturated heterocycles. The summed E-state index contributed by atoms with van der Waals surface area (Å²) in [5.74, 6) is -1.88. The molecule has 11 nitrogen and oxygen atoms in total. The van der Waals surface area contributed by atoms with E-state index in [0.29, 0.717) is 5.56 Å². The summed E-state index contributed by atoms with van der Waals surface area (Å²) in [5, 5.41) is 20.1. The highest BCUT2D eigenvalue weighted by Gasteiger charge is 2.31. The summed E-state index contributed by atoms with van der Waals surface area (Å²) in [4.78, 5) is 10.5. The molecule has 0 amide bonds. The van der Waals surface area contributed by atoms with Crippen molar-refractivity contribution in [2.24, 2.45) is 0 Å². The van der Waals surface area contributed by atoms with Crippen LogP contribution in [0.3, 0.4) is 0 Å². The van der Waals surface area contributed by atoms with E-state index in [1.54, 1.807) is 19.9 Å². The average Bonchev–Trinajstić information content (AvgIpc) is 2.75. The molecular weight excluding hydrogens is 512 g/mol. The molecule has 5 N–H and O–H groups in total. The number of hydrogen-bond donors (Lipinski definition) is 5.